The Morgan fingerprint density at radius 2 is 1.89 bits per heavy atom. The second-order valence-electron chi connectivity index (χ2n) is 7.16. The number of ether oxygens (including phenoxy) is 1. The highest BCUT2D eigenvalue weighted by molar-refractivity contribution is 9.10. The Labute approximate surface area is 167 Å². The highest BCUT2D eigenvalue weighted by atomic mass is 79.9. The minimum Gasteiger partial charge on any atom is -0.368 e. The van der Waals surface area contributed by atoms with E-state index in [1.807, 2.05) is 38.1 Å². The van der Waals surface area contributed by atoms with Crippen molar-refractivity contribution >= 4 is 33.4 Å². The van der Waals surface area contributed by atoms with Gasteiger partial charge in [0.15, 0.2) is 0 Å². The first kappa shape index (κ1) is 19.6. The largest absolute Gasteiger partial charge is 0.368 e. The number of carbonyl (C=O) groups is 2. The standard InChI is InChI=1S/C21H23BrN2O3/c1-21(2,15-8-10-16(22)11-9-15)24-19(25)14-5-3-6-17(13-14)23-20(26)18-7-4-12-27-18/h3,5-6,8-11,13,18H,4,7,12H2,1-2H3,(H,23,26)(H,24,25). The molecule has 1 unspecified atom stereocenters. The Balaban J connectivity index is 1.69. The average Bonchev–Trinajstić information content (AvgIpc) is 3.17. The van der Waals surface area contributed by atoms with Crippen LogP contribution in [0.25, 0.3) is 0 Å². The van der Waals surface area contributed by atoms with Crippen LogP contribution in [0.5, 0.6) is 0 Å². The SMILES string of the molecule is CC(C)(NC(=O)c1cccc(NC(=O)C2CCCO2)c1)c1ccc(Br)cc1. The fraction of sp³-hybridized carbons (Fsp3) is 0.333. The van der Waals surface area contributed by atoms with Gasteiger partial charge in [-0.2, -0.15) is 0 Å². The van der Waals surface area contributed by atoms with Crippen LogP contribution in [0.1, 0.15) is 42.6 Å². The summed E-state index contributed by atoms with van der Waals surface area (Å²) in [4.78, 5) is 24.9. The lowest BCUT2D eigenvalue weighted by Gasteiger charge is -2.27. The van der Waals surface area contributed by atoms with Gasteiger partial charge in [0, 0.05) is 22.3 Å². The second kappa shape index (κ2) is 8.23. The molecular weight excluding hydrogens is 408 g/mol. The molecule has 0 bridgehead atoms. The molecule has 0 spiro atoms. The summed E-state index contributed by atoms with van der Waals surface area (Å²) in [5.74, 6) is -0.364. The number of carbonyl (C=O) groups excluding carboxylic acids is 2. The van der Waals surface area contributed by atoms with Gasteiger partial charge >= 0.3 is 0 Å². The van der Waals surface area contributed by atoms with Gasteiger partial charge in [0.25, 0.3) is 11.8 Å². The predicted octanol–water partition coefficient (Wildman–Crippen LogP) is 4.23. The lowest BCUT2D eigenvalue weighted by atomic mass is 9.94. The average molecular weight is 431 g/mol. The molecule has 0 aliphatic carbocycles. The molecule has 2 amide bonds. The molecule has 1 saturated heterocycles. The van der Waals surface area contributed by atoms with Crippen molar-refractivity contribution < 1.29 is 14.3 Å². The number of hydrogen-bond acceptors (Lipinski definition) is 3. The Morgan fingerprint density at radius 3 is 2.56 bits per heavy atom. The van der Waals surface area contributed by atoms with E-state index >= 15 is 0 Å². The number of rotatable bonds is 5. The van der Waals surface area contributed by atoms with Crippen molar-refractivity contribution in [3.05, 3.63) is 64.1 Å². The fourth-order valence-corrected chi connectivity index (χ4v) is 3.30. The molecule has 2 aromatic carbocycles. The van der Waals surface area contributed by atoms with Crippen molar-refractivity contribution in [3.63, 3.8) is 0 Å². The molecule has 2 aromatic rings. The highest BCUT2D eigenvalue weighted by Gasteiger charge is 2.25. The minimum absolute atomic E-state index is 0.166. The zero-order valence-corrected chi connectivity index (χ0v) is 17.0. The van der Waals surface area contributed by atoms with E-state index in [4.69, 9.17) is 4.74 Å². The van der Waals surface area contributed by atoms with Gasteiger partial charge in [-0.25, -0.2) is 0 Å². The highest BCUT2D eigenvalue weighted by Crippen LogP contribution is 2.23. The number of benzene rings is 2. The van der Waals surface area contributed by atoms with Gasteiger partial charge in [-0.3, -0.25) is 9.59 Å². The van der Waals surface area contributed by atoms with Gasteiger partial charge in [0.2, 0.25) is 0 Å². The van der Waals surface area contributed by atoms with Gasteiger partial charge in [0.05, 0.1) is 5.54 Å². The fourth-order valence-electron chi connectivity index (χ4n) is 3.04. The third-order valence-electron chi connectivity index (χ3n) is 4.61. The van der Waals surface area contributed by atoms with Crippen LogP contribution in [0.3, 0.4) is 0 Å². The number of anilines is 1. The van der Waals surface area contributed by atoms with E-state index in [2.05, 4.69) is 26.6 Å². The van der Waals surface area contributed by atoms with Crippen molar-refractivity contribution in [2.24, 2.45) is 0 Å². The Bertz CT molecular complexity index is 828. The van der Waals surface area contributed by atoms with Gasteiger partial charge in [-0.1, -0.05) is 34.1 Å². The molecule has 5 nitrogen and oxygen atoms in total. The summed E-state index contributed by atoms with van der Waals surface area (Å²) in [6, 6.07) is 14.8. The maximum absolute atomic E-state index is 12.7. The molecule has 2 N–H and O–H groups in total. The van der Waals surface area contributed by atoms with Gasteiger partial charge in [-0.05, 0) is 62.6 Å². The molecule has 0 radical (unpaired) electrons. The van der Waals surface area contributed by atoms with Crippen molar-refractivity contribution in [3.8, 4) is 0 Å². The van der Waals surface area contributed by atoms with Crippen LogP contribution in [0.2, 0.25) is 0 Å². The zero-order chi connectivity index (χ0) is 19.4. The van der Waals surface area contributed by atoms with Crippen LogP contribution in [0.15, 0.2) is 53.0 Å². The number of hydrogen-bond donors (Lipinski definition) is 2. The maximum Gasteiger partial charge on any atom is 0.253 e. The monoisotopic (exact) mass is 430 g/mol. The quantitative estimate of drug-likeness (QED) is 0.745. The Kier molecular flexibility index (Phi) is 5.97. The maximum atomic E-state index is 12.7. The van der Waals surface area contributed by atoms with E-state index in [0.717, 1.165) is 22.9 Å². The molecule has 142 valence electrons. The van der Waals surface area contributed by atoms with E-state index in [1.54, 1.807) is 24.3 Å². The Hall–Kier alpha value is -2.18. The van der Waals surface area contributed by atoms with Crippen LogP contribution in [0, 0.1) is 0 Å². The van der Waals surface area contributed by atoms with Crippen LogP contribution >= 0.6 is 15.9 Å². The first-order valence-electron chi connectivity index (χ1n) is 8.96. The van der Waals surface area contributed by atoms with E-state index in [1.165, 1.54) is 0 Å². The zero-order valence-electron chi connectivity index (χ0n) is 15.4. The molecule has 0 saturated carbocycles. The lowest BCUT2D eigenvalue weighted by molar-refractivity contribution is -0.124. The van der Waals surface area contributed by atoms with Crippen LogP contribution in [0.4, 0.5) is 5.69 Å². The summed E-state index contributed by atoms with van der Waals surface area (Å²) in [7, 11) is 0. The van der Waals surface area contributed by atoms with E-state index in [-0.39, 0.29) is 11.8 Å². The molecule has 3 rings (SSSR count). The minimum atomic E-state index is -0.533. The van der Waals surface area contributed by atoms with Crippen LogP contribution in [-0.4, -0.2) is 24.5 Å². The normalized spacial score (nSPS) is 16.8. The van der Waals surface area contributed by atoms with E-state index < -0.39 is 11.6 Å². The Morgan fingerprint density at radius 1 is 1.15 bits per heavy atom. The van der Waals surface area contributed by atoms with Crippen molar-refractivity contribution in [2.75, 3.05) is 11.9 Å². The van der Waals surface area contributed by atoms with Crippen molar-refractivity contribution in [1.29, 1.82) is 0 Å². The number of amides is 2. The van der Waals surface area contributed by atoms with Crippen molar-refractivity contribution in [1.82, 2.24) is 5.32 Å². The molecule has 1 atom stereocenters. The third kappa shape index (κ3) is 4.96. The lowest BCUT2D eigenvalue weighted by Crippen LogP contribution is -2.41. The van der Waals surface area contributed by atoms with Gasteiger partial charge in [0.1, 0.15) is 6.10 Å². The summed E-state index contributed by atoms with van der Waals surface area (Å²) < 4.78 is 6.38. The predicted molar refractivity (Wildman–Crippen MR) is 109 cm³/mol. The molecule has 1 fully saturated rings. The van der Waals surface area contributed by atoms with E-state index in [0.29, 0.717) is 17.9 Å². The second-order valence-corrected chi connectivity index (χ2v) is 8.07. The van der Waals surface area contributed by atoms with Gasteiger partial charge in [-0.15, -0.1) is 0 Å². The van der Waals surface area contributed by atoms with Crippen molar-refractivity contribution in [2.45, 2.75) is 38.3 Å². The summed E-state index contributed by atoms with van der Waals surface area (Å²) >= 11 is 3.42. The molecule has 1 heterocycles. The molecule has 0 aromatic heterocycles. The summed E-state index contributed by atoms with van der Waals surface area (Å²) in [6.07, 6.45) is 1.22. The molecule has 27 heavy (non-hydrogen) atoms. The number of halogens is 1. The number of nitrogens with one attached hydrogen (secondary N) is 2. The topological polar surface area (TPSA) is 67.4 Å². The van der Waals surface area contributed by atoms with E-state index in [9.17, 15) is 9.59 Å². The molecular formula is C21H23BrN2O3. The summed E-state index contributed by atoms with van der Waals surface area (Å²) in [6.45, 7) is 4.53. The first-order valence-corrected chi connectivity index (χ1v) is 9.75. The smallest absolute Gasteiger partial charge is 0.253 e. The van der Waals surface area contributed by atoms with Crippen LogP contribution < -0.4 is 10.6 Å². The first-order chi connectivity index (χ1) is 12.8. The molecule has 1 aliphatic heterocycles. The molecule has 6 heteroatoms. The summed E-state index contributed by atoms with van der Waals surface area (Å²) in [5, 5.41) is 5.88. The summed E-state index contributed by atoms with van der Waals surface area (Å²) in [5.41, 5.74) is 1.55. The van der Waals surface area contributed by atoms with Crippen LogP contribution in [-0.2, 0) is 15.1 Å². The van der Waals surface area contributed by atoms with Gasteiger partial charge < -0.3 is 15.4 Å². The third-order valence-corrected chi connectivity index (χ3v) is 5.14. The molecule has 1 aliphatic rings.